The normalized spacial score (nSPS) is 24.0. The van der Waals surface area contributed by atoms with E-state index in [0.717, 1.165) is 22.6 Å². The molecule has 212 valence electrons. The minimum absolute atomic E-state index is 0.00268. The minimum atomic E-state index is -1.57. The second-order valence-electron chi connectivity index (χ2n) is 11.1. The Kier molecular flexibility index (Phi) is 6.86. The van der Waals surface area contributed by atoms with Crippen LogP contribution in [-0.4, -0.2) is 61.2 Å². The Hall–Kier alpha value is -4.44. The molecule has 10 heteroatoms. The predicted molar refractivity (Wildman–Crippen MR) is 151 cm³/mol. The first kappa shape index (κ1) is 26.8. The van der Waals surface area contributed by atoms with Gasteiger partial charge in [-0.2, -0.15) is 0 Å². The number of nitrogens with one attached hydrogen (secondary N) is 1. The van der Waals surface area contributed by atoms with Gasteiger partial charge in [0.15, 0.2) is 0 Å². The molecule has 10 nitrogen and oxygen atoms in total. The third-order valence-corrected chi connectivity index (χ3v) is 8.52. The lowest BCUT2D eigenvalue weighted by Gasteiger charge is -2.47. The highest BCUT2D eigenvalue weighted by atomic mass is 16.5. The summed E-state index contributed by atoms with van der Waals surface area (Å²) in [4.78, 5) is 57.1. The topological polar surface area (TPSA) is 110 Å². The van der Waals surface area contributed by atoms with E-state index < -0.39 is 23.3 Å². The first-order valence-corrected chi connectivity index (χ1v) is 13.7. The molecule has 0 unspecified atom stereocenters. The van der Waals surface area contributed by atoms with E-state index in [0.29, 0.717) is 36.8 Å². The van der Waals surface area contributed by atoms with E-state index in [2.05, 4.69) is 10.2 Å². The number of urea groups is 1. The molecule has 41 heavy (non-hydrogen) atoms. The number of piperidine rings is 1. The van der Waals surface area contributed by atoms with Gasteiger partial charge in [0.25, 0.3) is 11.5 Å². The molecule has 6 rings (SSSR count). The summed E-state index contributed by atoms with van der Waals surface area (Å²) in [5, 5.41) is 2.48. The largest absolute Gasteiger partial charge is 0.497 e. The summed E-state index contributed by atoms with van der Waals surface area (Å²) in [6.45, 7) is 1.97. The Bertz CT molecular complexity index is 1550. The lowest BCUT2D eigenvalue weighted by molar-refractivity contribution is -0.144. The van der Waals surface area contributed by atoms with Crippen LogP contribution in [0.5, 0.6) is 11.5 Å². The molecule has 2 aromatic carbocycles. The van der Waals surface area contributed by atoms with Crippen molar-refractivity contribution in [2.45, 2.75) is 25.3 Å². The Morgan fingerprint density at radius 3 is 2.22 bits per heavy atom. The van der Waals surface area contributed by atoms with Crippen molar-refractivity contribution in [3.8, 4) is 11.5 Å². The Balaban J connectivity index is 1.37. The fraction of sp³-hybridized carbons (Fsp3) is 0.355. The highest BCUT2D eigenvalue weighted by Crippen LogP contribution is 2.39. The van der Waals surface area contributed by atoms with Gasteiger partial charge in [-0.3, -0.25) is 19.7 Å². The van der Waals surface area contributed by atoms with Crippen LogP contribution in [-0.2, 0) is 22.6 Å². The Morgan fingerprint density at radius 1 is 0.854 bits per heavy atom. The summed E-state index contributed by atoms with van der Waals surface area (Å²) in [7, 11) is 3.11. The lowest BCUT2D eigenvalue weighted by Crippen LogP contribution is -2.68. The zero-order valence-electron chi connectivity index (χ0n) is 23.0. The quantitative estimate of drug-likeness (QED) is 0.446. The van der Waals surface area contributed by atoms with Crippen LogP contribution in [0.25, 0.3) is 0 Å². The molecule has 0 radical (unpaired) electrons. The number of imide groups is 2. The molecule has 4 amide bonds. The van der Waals surface area contributed by atoms with Crippen molar-refractivity contribution in [2.75, 3.05) is 38.8 Å². The first-order valence-electron chi connectivity index (χ1n) is 13.7. The number of likely N-dealkylation sites (tertiary alicyclic amines) is 1. The van der Waals surface area contributed by atoms with Crippen LogP contribution in [0.4, 0.5) is 10.5 Å². The summed E-state index contributed by atoms with van der Waals surface area (Å²) in [6, 6.07) is 18.4. The highest BCUT2D eigenvalue weighted by molar-refractivity contribution is 6.30. The van der Waals surface area contributed by atoms with E-state index in [1.165, 1.54) is 7.11 Å². The first-order chi connectivity index (χ1) is 19.8. The number of hydrogen-bond acceptors (Lipinski definition) is 7. The zero-order valence-corrected chi connectivity index (χ0v) is 23.0. The molecule has 2 fully saturated rings. The van der Waals surface area contributed by atoms with Gasteiger partial charge in [0.2, 0.25) is 5.91 Å². The number of fused-ring (bicyclic) bond motifs is 4. The standard InChI is InChI=1S/C31H32N4O6/c1-40-24-10-6-20(7-11-24)15-31(19-33-16-21-14-22(18-33)26-4-3-5-27(36)34(26)17-21)28(37)32-30(39)35(29(31)38)23-8-12-25(41-2)13-9-23/h3-13,21-22H,14-19H2,1-2H3,(H,32,37,39)/t21-,22-,31-/m1/s1. The zero-order chi connectivity index (χ0) is 28.7. The van der Waals surface area contributed by atoms with Gasteiger partial charge in [-0.15, -0.1) is 0 Å². The van der Waals surface area contributed by atoms with Gasteiger partial charge in [0.1, 0.15) is 16.9 Å². The van der Waals surface area contributed by atoms with Gasteiger partial charge >= 0.3 is 6.03 Å². The van der Waals surface area contributed by atoms with Crippen LogP contribution in [0.15, 0.2) is 71.5 Å². The molecule has 2 saturated heterocycles. The summed E-state index contributed by atoms with van der Waals surface area (Å²) in [5.74, 6) is 0.379. The molecule has 2 bridgehead atoms. The smallest absolute Gasteiger partial charge is 0.335 e. The molecule has 3 aliphatic heterocycles. The van der Waals surface area contributed by atoms with Crippen molar-refractivity contribution in [1.82, 2.24) is 14.8 Å². The van der Waals surface area contributed by atoms with Gasteiger partial charge in [-0.1, -0.05) is 18.2 Å². The molecule has 3 aliphatic rings. The lowest BCUT2D eigenvalue weighted by atomic mass is 9.75. The molecule has 3 atom stereocenters. The summed E-state index contributed by atoms with van der Waals surface area (Å²) in [6.07, 6.45) is 1.05. The minimum Gasteiger partial charge on any atom is -0.497 e. The predicted octanol–water partition coefficient (Wildman–Crippen LogP) is 2.80. The van der Waals surface area contributed by atoms with Crippen molar-refractivity contribution >= 4 is 23.5 Å². The van der Waals surface area contributed by atoms with Crippen molar-refractivity contribution < 1.29 is 23.9 Å². The Morgan fingerprint density at radius 2 is 1.54 bits per heavy atom. The molecule has 0 saturated carbocycles. The van der Waals surface area contributed by atoms with Crippen LogP contribution in [0.1, 0.15) is 23.6 Å². The maximum Gasteiger partial charge on any atom is 0.335 e. The van der Waals surface area contributed by atoms with Crippen molar-refractivity contribution in [1.29, 1.82) is 0 Å². The number of carbonyl (C=O) groups excluding carboxylic acids is 3. The number of pyridine rings is 1. The van der Waals surface area contributed by atoms with E-state index in [9.17, 15) is 19.2 Å². The SMILES string of the molecule is COc1ccc(C[C@@]2(CN3C[C@H]4C[C@H](C3)c3cccc(=O)n3C4)C(=O)NC(=O)N(c3ccc(OC)cc3)C2=O)cc1. The van der Waals surface area contributed by atoms with E-state index in [-0.39, 0.29) is 30.4 Å². The molecule has 1 aromatic heterocycles. The molecule has 3 aromatic rings. The monoisotopic (exact) mass is 556 g/mol. The highest BCUT2D eigenvalue weighted by Gasteiger charge is 2.55. The fourth-order valence-electron chi connectivity index (χ4n) is 6.59. The van der Waals surface area contributed by atoms with Gasteiger partial charge < -0.3 is 18.9 Å². The van der Waals surface area contributed by atoms with E-state index in [4.69, 9.17) is 9.47 Å². The second kappa shape index (κ2) is 10.5. The van der Waals surface area contributed by atoms with E-state index in [1.54, 1.807) is 55.6 Å². The van der Waals surface area contributed by atoms with Crippen LogP contribution in [0, 0.1) is 11.3 Å². The molecule has 0 aliphatic carbocycles. The van der Waals surface area contributed by atoms with Gasteiger partial charge in [0.05, 0.1) is 19.9 Å². The van der Waals surface area contributed by atoms with E-state index in [1.807, 2.05) is 22.8 Å². The number of amides is 4. The molecule has 0 spiro atoms. The average Bonchev–Trinajstić information content (AvgIpc) is 2.97. The second-order valence-corrected chi connectivity index (χ2v) is 11.1. The van der Waals surface area contributed by atoms with Crippen molar-refractivity contribution in [3.63, 3.8) is 0 Å². The average molecular weight is 557 g/mol. The van der Waals surface area contributed by atoms with Crippen molar-refractivity contribution in [3.05, 3.63) is 88.3 Å². The van der Waals surface area contributed by atoms with Gasteiger partial charge in [0, 0.05) is 43.9 Å². The van der Waals surface area contributed by atoms with E-state index >= 15 is 0 Å². The number of benzene rings is 2. The third-order valence-electron chi connectivity index (χ3n) is 8.52. The molecule has 4 heterocycles. The molecule has 1 N–H and O–H groups in total. The van der Waals surface area contributed by atoms with Crippen LogP contribution in [0.2, 0.25) is 0 Å². The van der Waals surface area contributed by atoms with Crippen LogP contribution < -0.4 is 25.2 Å². The summed E-state index contributed by atoms with van der Waals surface area (Å²) >= 11 is 0. The number of rotatable bonds is 7. The molecular formula is C31H32N4O6. The number of methoxy groups -OCH3 is 2. The van der Waals surface area contributed by atoms with Gasteiger partial charge in [-0.25, -0.2) is 9.69 Å². The number of barbiturate groups is 1. The number of ether oxygens (including phenoxy) is 2. The van der Waals surface area contributed by atoms with Gasteiger partial charge in [-0.05, 0) is 66.8 Å². The number of aromatic nitrogens is 1. The van der Waals surface area contributed by atoms with Crippen LogP contribution >= 0.6 is 0 Å². The number of anilines is 1. The maximum atomic E-state index is 14.4. The Labute approximate surface area is 237 Å². The van der Waals surface area contributed by atoms with Crippen molar-refractivity contribution in [2.24, 2.45) is 11.3 Å². The molecular weight excluding hydrogens is 524 g/mol. The fourth-order valence-corrected chi connectivity index (χ4v) is 6.59. The number of hydrogen-bond donors (Lipinski definition) is 1. The maximum absolute atomic E-state index is 14.4. The number of carbonyl (C=O) groups is 3. The summed E-state index contributed by atoms with van der Waals surface area (Å²) in [5.41, 5.74) is 0.537. The van der Waals surface area contributed by atoms with Crippen LogP contribution in [0.3, 0.4) is 0 Å². The number of nitrogens with zero attached hydrogens (tertiary/aromatic N) is 3. The third kappa shape index (κ3) is 4.78. The summed E-state index contributed by atoms with van der Waals surface area (Å²) < 4.78 is 12.4.